The molecule has 3 aromatic rings. The van der Waals surface area contributed by atoms with Crippen LogP contribution >= 0.6 is 15.9 Å². The summed E-state index contributed by atoms with van der Waals surface area (Å²) in [6.45, 7) is 8.91. The number of carbonyl (C=O) groups is 1. The molecule has 6 nitrogen and oxygen atoms in total. The van der Waals surface area contributed by atoms with Crippen LogP contribution in [0.5, 0.6) is 0 Å². The van der Waals surface area contributed by atoms with Crippen LogP contribution in [0.1, 0.15) is 39.2 Å². The number of imidazole rings is 1. The first-order chi connectivity index (χ1) is 15.3. The van der Waals surface area contributed by atoms with Gasteiger partial charge in [-0.2, -0.15) is 0 Å². The summed E-state index contributed by atoms with van der Waals surface area (Å²) < 4.78 is 8.76. The number of nitrogens with zero attached hydrogens (tertiary/aromatic N) is 3. The van der Waals surface area contributed by atoms with Gasteiger partial charge in [0.05, 0.1) is 17.6 Å². The monoisotopic (exact) mass is 498 g/mol. The Morgan fingerprint density at radius 3 is 2.50 bits per heavy atom. The van der Waals surface area contributed by atoms with Crippen molar-refractivity contribution in [2.75, 3.05) is 24.5 Å². The molecule has 0 spiro atoms. The summed E-state index contributed by atoms with van der Waals surface area (Å²) >= 11 is 3.52. The van der Waals surface area contributed by atoms with Crippen LogP contribution in [0.2, 0.25) is 0 Å². The van der Waals surface area contributed by atoms with Crippen LogP contribution in [-0.4, -0.2) is 40.9 Å². The van der Waals surface area contributed by atoms with Gasteiger partial charge < -0.3 is 19.5 Å². The minimum absolute atomic E-state index is 0.337. The second-order valence-corrected chi connectivity index (χ2v) is 10.3. The van der Waals surface area contributed by atoms with E-state index in [1.165, 1.54) is 5.56 Å². The van der Waals surface area contributed by atoms with E-state index in [9.17, 15) is 4.79 Å². The number of hydrogen-bond acceptors (Lipinski definition) is 4. The highest BCUT2D eigenvalue weighted by molar-refractivity contribution is 9.10. The minimum Gasteiger partial charge on any atom is -0.444 e. The minimum atomic E-state index is -0.471. The first-order valence-corrected chi connectivity index (χ1v) is 12.0. The van der Waals surface area contributed by atoms with E-state index in [2.05, 4.69) is 73.2 Å². The zero-order chi connectivity index (χ0) is 22.7. The van der Waals surface area contributed by atoms with E-state index in [1.807, 2.05) is 26.8 Å². The van der Waals surface area contributed by atoms with Crippen molar-refractivity contribution in [2.24, 2.45) is 5.92 Å². The Hall–Kier alpha value is -2.54. The van der Waals surface area contributed by atoms with Crippen molar-refractivity contribution < 1.29 is 9.53 Å². The molecule has 170 valence electrons. The van der Waals surface area contributed by atoms with E-state index in [0.29, 0.717) is 12.5 Å². The van der Waals surface area contributed by atoms with Crippen molar-refractivity contribution in [3.8, 4) is 0 Å². The van der Waals surface area contributed by atoms with Crippen molar-refractivity contribution in [2.45, 2.75) is 45.8 Å². The third-order valence-electron chi connectivity index (χ3n) is 5.72. The molecule has 2 heterocycles. The first kappa shape index (κ1) is 22.6. The van der Waals surface area contributed by atoms with Crippen molar-refractivity contribution in [3.05, 3.63) is 58.6 Å². The maximum absolute atomic E-state index is 12.0. The van der Waals surface area contributed by atoms with Crippen LogP contribution in [0.3, 0.4) is 0 Å². The van der Waals surface area contributed by atoms with Crippen molar-refractivity contribution in [3.63, 3.8) is 0 Å². The molecule has 1 aliphatic heterocycles. The third-order valence-corrected chi connectivity index (χ3v) is 6.25. The molecule has 1 N–H and O–H groups in total. The number of halogens is 1. The van der Waals surface area contributed by atoms with Crippen molar-refractivity contribution >= 4 is 39.0 Å². The summed E-state index contributed by atoms with van der Waals surface area (Å²) in [6, 6.07) is 16.8. The molecule has 1 saturated heterocycles. The van der Waals surface area contributed by atoms with Gasteiger partial charge in [-0.15, -0.1) is 0 Å². The number of anilines is 1. The third kappa shape index (κ3) is 5.63. The molecule has 0 bridgehead atoms. The smallest absolute Gasteiger partial charge is 0.407 e. The maximum atomic E-state index is 12.0. The van der Waals surface area contributed by atoms with E-state index < -0.39 is 5.60 Å². The Bertz CT molecular complexity index is 1060. The fourth-order valence-corrected chi connectivity index (χ4v) is 4.38. The molecule has 32 heavy (non-hydrogen) atoms. The second-order valence-electron chi connectivity index (χ2n) is 9.43. The molecule has 1 aliphatic rings. The Kier molecular flexibility index (Phi) is 6.74. The standard InChI is InChI=1S/C25H31BrN4O2/c1-25(2,3)32-24(31)27-16-18-12-14-29(15-13-18)23-28-21-6-4-5-7-22(21)30(23)17-19-8-10-20(26)11-9-19/h4-11,18H,12-17H2,1-3H3,(H,27,31). The van der Waals surface area contributed by atoms with Crippen LogP contribution in [0.15, 0.2) is 53.0 Å². The number of rotatable bonds is 5. The Morgan fingerprint density at radius 2 is 1.81 bits per heavy atom. The van der Waals surface area contributed by atoms with E-state index in [4.69, 9.17) is 9.72 Å². The average Bonchev–Trinajstić information content (AvgIpc) is 3.11. The zero-order valence-electron chi connectivity index (χ0n) is 19.0. The summed E-state index contributed by atoms with van der Waals surface area (Å²) in [5, 5.41) is 2.93. The van der Waals surface area contributed by atoms with Crippen LogP contribution in [0.25, 0.3) is 11.0 Å². The number of fused-ring (bicyclic) bond motifs is 1. The number of piperidine rings is 1. The molecular weight excluding hydrogens is 468 g/mol. The zero-order valence-corrected chi connectivity index (χ0v) is 20.6. The molecule has 2 aromatic carbocycles. The number of hydrogen-bond donors (Lipinski definition) is 1. The molecule has 1 fully saturated rings. The average molecular weight is 499 g/mol. The highest BCUT2D eigenvalue weighted by atomic mass is 79.9. The fourth-order valence-electron chi connectivity index (χ4n) is 4.11. The molecule has 7 heteroatoms. The van der Waals surface area contributed by atoms with Gasteiger partial charge in [0.2, 0.25) is 5.95 Å². The van der Waals surface area contributed by atoms with E-state index in [1.54, 1.807) is 0 Å². The number of ether oxygens (including phenoxy) is 1. The number of carbonyl (C=O) groups excluding carboxylic acids is 1. The summed E-state index contributed by atoms with van der Waals surface area (Å²) in [5.74, 6) is 1.47. The predicted octanol–water partition coefficient (Wildman–Crippen LogP) is 5.59. The van der Waals surface area contributed by atoms with Crippen LogP contribution in [0.4, 0.5) is 10.7 Å². The molecule has 1 amide bonds. The van der Waals surface area contributed by atoms with Crippen molar-refractivity contribution in [1.82, 2.24) is 14.9 Å². The van der Waals surface area contributed by atoms with E-state index in [0.717, 1.165) is 53.9 Å². The number of benzene rings is 2. The van der Waals surface area contributed by atoms with Gasteiger partial charge >= 0.3 is 6.09 Å². The summed E-state index contributed by atoms with van der Waals surface area (Å²) in [7, 11) is 0. The molecule has 0 saturated carbocycles. The first-order valence-electron chi connectivity index (χ1n) is 11.2. The van der Waals surface area contributed by atoms with Gasteiger partial charge in [0.1, 0.15) is 5.60 Å². The Morgan fingerprint density at radius 1 is 1.12 bits per heavy atom. The Labute approximate surface area is 198 Å². The van der Waals surface area contributed by atoms with Gasteiger partial charge in [-0.05, 0) is 69.4 Å². The van der Waals surface area contributed by atoms with Crippen LogP contribution in [-0.2, 0) is 11.3 Å². The highest BCUT2D eigenvalue weighted by Gasteiger charge is 2.25. The largest absolute Gasteiger partial charge is 0.444 e. The van der Waals surface area contributed by atoms with Crippen molar-refractivity contribution in [1.29, 1.82) is 0 Å². The Balaban J connectivity index is 1.44. The van der Waals surface area contributed by atoms with E-state index in [-0.39, 0.29) is 6.09 Å². The SMILES string of the molecule is CC(C)(C)OC(=O)NCC1CCN(c2nc3ccccc3n2Cc2ccc(Br)cc2)CC1. The molecule has 0 unspecified atom stereocenters. The molecule has 0 radical (unpaired) electrons. The number of amides is 1. The predicted molar refractivity (Wildman–Crippen MR) is 132 cm³/mol. The summed E-state index contributed by atoms with van der Waals surface area (Å²) in [6.07, 6.45) is 1.69. The van der Waals surface area contributed by atoms with Gasteiger partial charge in [0, 0.05) is 24.1 Å². The summed E-state index contributed by atoms with van der Waals surface area (Å²) in [4.78, 5) is 19.3. The number of aromatic nitrogens is 2. The molecule has 1 aromatic heterocycles. The molecule has 4 rings (SSSR count). The number of para-hydroxylation sites is 2. The van der Waals surface area contributed by atoms with Gasteiger partial charge in [-0.1, -0.05) is 40.2 Å². The molecule has 0 atom stereocenters. The summed E-state index contributed by atoms with van der Waals surface area (Å²) in [5.41, 5.74) is 2.95. The van der Waals surface area contributed by atoms with Crippen LogP contribution < -0.4 is 10.2 Å². The van der Waals surface area contributed by atoms with Gasteiger partial charge in [0.15, 0.2) is 0 Å². The number of nitrogens with one attached hydrogen (secondary N) is 1. The van der Waals surface area contributed by atoms with Crippen LogP contribution in [0, 0.1) is 5.92 Å². The quantitative estimate of drug-likeness (QED) is 0.498. The maximum Gasteiger partial charge on any atom is 0.407 e. The topological polar surface area (TPSA) is 59.4 Å². The lowest BCUT2D eigenvalue weighted by Crippen LogP contribution is -2.41. The highest BCUT2D eigenvalue weighted by Crippen LogP contribution is 2.28. The van der Waals surface area contributed by atoms with E-state index >= 15 is 0 Å². The van der Waals surface area contributed by atoms with Gasteiger partial charge in [-0.25, -0.2) is 9.78 Å². The normalized spacial score (nSPS) is 15.2. The lowest BCUT2D eigenvalue weighted by molar-refractivity contribution is 0.0516. The van der Waals surface area contributed by atoms with Gasteiger partial charge in [0.25, 0.3) is 0 Å². The lowest BCUT2D eigenvalue weighted by Gasteiger charge is -2.33. The second kappa shape index (κ2) is 9.53. The fraction of sp³-hybridized carbons (Fsp3) is 0.440. The van der Waals surface area contributed by atoms with Gasteiger partial charge in [-0.3, -0.25) is 0 Å². The molecule has 0 aliphatic carbocycles. The number of alkyl carbamates (subject to hydrolysis) is 1. The lowest BCUT2D eigenvalue weighted by atomic mass is 9.97. The molecular formula is C25H31BrN4O2.